The van der Waals surface area contributed by atoms with E-state index in [0.29, 0.717) is 22.9 Å². The van der Waals surface area contributed by atoms with E-state index in [-0.39, 0.29) is 11.9 Å². The molecule has 2 aromatic carbocycles. The average Bonchev–Trinajstić information content (AvgIpc) is 2.69. The molecule has 27 heavy (non-hydrogen) atoms. The first-order valence-corrected chi connectivity index (χ1v) is 8.47. The molecule has 0 fully saturated rings. The molecule has 1 N–H and O–H groups in total. The summed E-state index contributed by atoms with van der Waals surface area (Å²) in [5.41, 5.74) is 0.621. The van der Waals surface area contributed by atoms with Gasteiger partial charge in [0, 0.05) is 18.1 Å². The van der Waals surface area contributed by atoms with Gasteiger partial charge in [-0.3, -0.25) is 4.79 Å². The molecule has 136 valence electrons. The van der Waals surface area contributed by atoms with Gasteiger partial charge in [-0.1, -0.05) is 12.1 Å². The molecule has 0 bridgehead atoms. The first-order valence-electron chi connectivity index (χ1n) is 8.47. The number of para-hydroxylation sites is 2. The van der Waals surface area contributed by atoms with E-state index in [9.17, 15) is 4.79 Å². The molecule has 0 radical (unpaired) electrons. The van der Waals surface area contributed by atoms with E-state index in [1.807, 2.05) is 18.2 Å². The molecule has 0 unspecified atom stereocenters. The van der Waals surface area contributed by atoms with Crippen LogP contribution in [-0.2, 0) is 4.79 Å². The highest BCUT2D eigenvalue weighted by Crippen LogP contribution is 2.33. The van der Waals surface area contributed by atoms with Gasteiger partial charge < -0.3 is 19.5 Å². The zero-order valence-electron chi connectivity index (χ0n) is 14.5. The van der Waals surface area contributed by atoms with Gasteiger partial charge in [0.25, 0.3) is 5.91 Å². The van der Waals surface area contributed by atoms with Crippen molar-refractivity contribution in [2.24, 2.45) is 0 Å². The molecule has 2 atom stereocenters. The number of nitrogens with one attached hydrogen (secondary N) is 1. The van der Waals surface area contributed by atoms with Gasteiger partial charge in [0.1, 0.15) is 11.9 Å². The Bertz CT molecular complexity index is 931. The minimum Gasteiger partial charge on any atom is -0.482 e. The summed E-state index contributed by atoms with van der Waals surface area (Å²) in [7, 11) is 0. The van der Waals surface area contributed by atoms with Crippen molar-refractivity contribution in [1.29, 1.82) is 0 Å². The number of fused-ring (bicyclic) bond motifs is 1. The predicted octanol–water partition coefficient (Wildman–Crippen LogP) is 3.44. The Hall–Kier alpha value is -3.61. The molecule has 7 heteroatoms. The van der Waals surface area contributed by atoms with Crippen molar-refractivity contribution in [3.8, 4) is 23.3 Å². The number of anilines is 1. The van der Waals surface area contributed by atoms with Crippen LogP contribution in [0.5, 0.6) is 23.3 Å². The molecule has 4 rings (SSSR count). The smallest absolute Gasteiger partial charge is 0.321 e. The van der Waals surface area contributed by atoms with E-state index in [1.165, 1.54) is 0 Å². The van der Waals surface area contributed by atoms with E-state index < -0.39 is 12.2 Å². The Labute approximate surface area is 155 Å². The van der Waals surface area contributed by atoms with Gasteiger partial charge in [-0.05, 0) is 49.4 Å². The number of carbonyl (C=O) groups excluding carboxylic acids is 1. The third-order valence-corrected chi connectivity index (χ3v) is 3.97. The largest absolute Gasteiger partial charge is 0.482 e. The highest BCUT2D eigenvalue weighted by molar-refractivity contribution is 5.95. The van der Waals surface area contributed by atoms with Crippen LogP contribution in [0.25, 0.3) is 0 Å². The summed E-state index contributed by atoms with van der Waals surface area (Å²) in [4.78, 5) is 20.6. The molecule has 1 amide bonds. The maximum atomic E-state index is 12.6. The Kier molecular flexibility index (Phi) is 4.57. The summed E-state index contributed by atoms with van der Waals surface area (Å²) >= 11 is 0. The minimum absolute atomic E-state index is 0.259. The fourth-order valence-electron chi connectivity index (χ4n) is 2.67. The first kappa shape index (κ1) is 16.8. The Morgan fingerprint density at radius 1 is 0.963 bits per heavy atom. The van der Waals surface area contributed by atoms with Crippen LogP contribution in [0.4, 0.5) is 5.69 Å². The molecule has 1 aliphatic rings. The maximum Gasteiger partial charge on any atom is 0.321 e. The molecule has 7 nitrogen and oxygen atoms in total. The number of hydrogen-bond acceptors (Lipinski definition) is 6. The van der Waals surface area contributed by atoms with Gasteiger partial charge in [-0.25, -0.2) is 9.97 Å². The normalized spacial score (nSPS) is 17.8. The first-order chi connectivity index (χ1) is 13.2. The number of nitrogens with zero attached hydrogens (tertiary/aromatic N) is 2. The number of benzene rings is 2. The fraction of sp³-hybridized carbons (Fsp3) is 0.150. The lowest BCUT2D eigenvalue weighted by molar-refractivity contribution is -0.128. The zero-order valence-corrected chi connectivity index (χ0v) is 14.5. The standard InChI is InChI=1S/C20H17N3O4/c1-13-18(27-17-6-3-2-5-16(17)25-13)19(24)23-14-7-9-15(10-8-14)26-20-21-11-4-12-22-20/h2-13,18H,1H3,(H,23,24)/t13-,18-/m0/s1. The second kappa shape index (κ2) is 7.33. The monoisotopic (exact) mass is 363 g/mol. The third-order valence-electron chi connectivity index (χ3n) is 3.97. The molecule has 1 aromatic heterocycles. The van der Waals surface area contributed by atoms with Gasteiger partial charge in [-0.15, -0.1) is 0 Å². The van der Waals surface area contributed by atoms with Gasteiger partial charge in [0.05, 0.1) is 0 Å². The van der Waals surface area contributed by atoms with Crippen LogP contribution in [0.3, 0.4) is 0 Å². The molecule has 0 aliphatic carbocycles. The number of aromatic nitrogens is 2. The lowest BCUT2D eigenvalue weighted by Gasteiger charge is -2.31. The summed E-state index contributed by atoms with van der Waals surface area (Å²) in [6.07, 6.45) is 2.05. The van der Waals surface area contributed by atoms with Crippen molar-refractivity contribution >= 4 is 11.6 Å². The van der Waals surface area contributed by atoms with Gasteiger partial charge in [0.15, 0.2) is 11.5 Å². The maximum absolute atomic E-state index is 12.6. The van der Waals surface area contributed by atoms with E-state index in [1.54, 1.807) is 55.7 Å². The highest BCUT2D eigenvalue weighted by Gasteiger charge is 2.34. The van der Waals surface area contributed by atoms with Gasteiger partial charge in [-0.2, -0.15) is 0 Å². The predicted molar refractivity (Wildman–Crippen MR) is 98.1 cm³/mol. The summed E-state index contributed by atoms with van der Waals surface area (Å²) < 4.78 is 17.1. The van der Waals surface area contributed by atoms with Crippen LogP contribution in [0, 0.1) is 0 Å². The number of carbonyl (C=O) groups is 1. The van der Waals surface area contributed by atoms with Crippen LogP contribution in [0.15, 0.2) is 67.0 Å². The molecule has 0 spiro atoms. The molecule has 0 saturated carbocycles. The van der Waals surface area contributed by atoms with Gasteiger partial charge >= 0.3 is 6.01 Å². The summed E-state index contributed by atoms with van der Waals surface area (Å²) in [6, 6.07) is 16.2. The Morgan fingerprint density at radius 3 is 2.33 bits per heavy atom. The molecular weight excluding hydrogens is 346 g/mol. The van der Waals surface area contributed by atoms with Crippen LogP contribution in [0.2, 0.25) is 0 Å². The van der Waals surface area contributed by atoms with E-state index in [2.05, 4.69) is 15.3 Å². The highest BCUT2D eigenvalue weighted by atomic mass is 16.6. The summed E-state index contributed by atoms with van der Waals surface area (Å²) in [6.45, 7) is 1.80. The quantitative estimate of drug-likeness (QED) is 0.765. The number of ether oxygens (including phenoxy) is 3. The molecular formula is C20H17N3O4. The van der Waals surface area contributed by atoms with E-state index in [4.69, 9.17) is 14.2 Å². The number of hydrogen-bond donors (Lipinski definition) is 1. The van der Waals surface area contributed by atoms with Crippen molar-refractivity contribution in [3.63, 3.8) is 0 Å². The molecule has 0 saturated heterocycles. The minimum atomic E-state index is -0.742. The van der Waals surface area contributed by atoms with Crippen LogP contribution in [0.1, 0.15) is 6.92 Å². The summed E-state index contributed by atoms with van der Waals surface area (Å²) in [5, 5.41) is 2.83. The second-order valence-corrected chi connectivity index (χ2v) is 5.96. The van der Waals surface area contributed by atoms with Crippen molar-refractivity contribution in [3.05, 3.63) is 67.0 Å². The Morgan fingerprint density at radius 2 is 1.63 bits per heavy atom. The van der Waals surface area contributed by atoms with Crippen molar-refractivity contribution < 1.29 is 19.0 Å². The zero-order chi connectivity index (χ0) is 18.6. The Balaban J connectivity index is 1.41. The SMILES string of the molecule is C[C@@H]1Oc2ccccc2O[C@@H]1C(=O)Nc1ccc(Oc2ncccn2)cc1. The number of rotatable bonds is 4. The third kappa shape index (κ3) is 3.82. The van der Waals surface area contributed by atoms with Gasteiger partial charge in [0.2, 0.25) is 6.10 Å². The topological polar surface area (TPSA) is 82.6 Å². The van der Waals surface area contributed by atoms with E-state index in [0.717, 1.165) is 0 Å². The molecule has 2 heterocycles. The van der Waals surface area contributed by atoms with Crippen LogP contribution < -0.4 is 19.5 Å². The molecule has 1 aliphatic heterocycles. The van der Waals surface area contributed by atoms with Crippen molar-refractivity contribution in [2.75, 3.05) is 5.32 Å². The van der Waals surface area contributed by atoms with Crippen LogP contribution in [-0.4, -0.2) is 28.1 Å². The van der Waals surface area contributed by atoms with E-state index >= 15 is 0 Å². The lowest BCUT2D eigenvalue weighted by atomic mass is 10.1. The fourth-order valence-corrected chi connectivity index (χ4v) is 2.67. The van der Waals surface area contributed by atoms with Crippen molar-refractivity contribution in [1.82, 2.24) is 9.97 Å². The van der Waals surface area contributed by atoms with Crippen molar-refractivity contribution in [2.45, 2.75) is 19.1 Å². The second-order valence-electron chi connectivity index (χ2n) is 5.96. The summed E-state index contributed by atoms with van der Waals surface area (Å²) in [5.74, 6) is 1.48. The average molecular weight is 363 g/mol. The van der Waals surface area contributed by atoms with Crippen LogP contribution >= 0.6 is 0 Å². The molecule has 3 aromatic rings. The number of amides is 1. The lowest BCUT2D eigenvalue weighted by Crippen LogP contribution is -2.46.